The number of likely N-dealkylation sites (tertiary alicyclic amines) is 1. The zero-order chi connectivity index (χ0) is 24.0. The van der Waals surface area contributed by atoms with Gasteiger partial charge in [-0.05, 0) is 73.8 Å². The molecule has 1 unspecified atom stereocenters. The SMILES string of the molecule is COc1ccc2ncc(CF)c(C(F)CCC3(CO)CCN(CC#Cc4cccs4)CC3)c2c1. The number of piperidine rings is 1. The average molecular weight is 485 g/mol. The Morgan fingerprint density at radius 1 is 1.29 bits per heavy atom. The van der Waals surface area contributed by atoms with Crippen molar-refractivity contribution in [1.82, 2.24) is 9.88 Å². The van der Waals surface area contributed by atoms with Gasteiger partial charge in [0.25, 0.3) is 0 Å². The number of hydrogen-bond acceptors (Lipinski definition) is 5. The maximum absolute atomic E-state index is 15.6. The van der Waals surface area contributed by atoms with Crippen LogP contribution in [0.15, 0.2) is 41.9 Å². The van der Waals surface area contributed by atoms with E-state index in [1.165, 1.54) is 6.20 Å². The Morgan fingerprint density at radius 2 is 2.12 bits per heavy atom. The minimum absolute atomic E-state index is 0.0231. The van der Waals surface area contributed by atoms with Gasteiger partial charge in [-0.25, -0.2) is 8.78 Å². The van der Waals surface area contributed by atoms with E-state index in [1.807, 2.05) is 17.5 Å². The number of aliphatic hydroxyl groups excluding tert-OH is 1. The van der Waals surface area contributed by atoms with Crippen molar-refractivity contribution in [3.8, 4) is 17.6 Å². The van der Waals surface area contributed by atoms with Gasteiger partial charge >= 0.3 is 0 Å². The first-order chi connectivity index (χ1) is 16.6. The lowest BCUT2D eigenvalue weighted by Gasteiger charge is -2.40. The van der Waals surface area contributed by atoms with Crippen molar-refractivity contribution in [3.63, 3.8) is 0 Å². The fraction of sp³-hybridized carbons (Fsp3) is 0.444. The summed E-state index contributed by atoms with van der Waals surface area (Å²) in [4.78, 5) is 7.62. The smallest absolute Gasteiger partial charge is 0.126 e. The molecule has 1 fully saturated rings. The molecule has 4 rings (SSSR count). The second-order valence-corrected chi connectivity index (χ2v) is 9.88. The quantitative estimate of drug-likeness (QED) is 0.417. The monoisotopic (exact) mass is 484 g/mol. The van der Waals surface area contributed by atoms with E-state index in [2.05, 4.69) is 21.7 Å². The Hall–Kier alpha value is -2.53. The highest BCUT2D eigenvalue weighted by molar-refractivity contribution is 7.10. The molecule has 1 atom stereocenters. The van der Waals surface area contributed by atoms with Crippen LogP contribution in [0.4, 0.5) is 8.78 Å². The molecule has 1 N–H and O–H groups in total. The molecule has 3 aromatic rings. The van der Waals surface area contributed by atoms with Gasteiger partial charge in [0.05, 0.1) is 24.0 Å². The minimum atomic E-state index is -1.35. The van der Waals surface area contributed by atoms with E-state index < -0.39 is 12.8 Å². The molecule has 0 radical (unpaired) electrons. The topological polar surface area (TPSA) is 45.6 Å². The van der Waals surface area contributed by atoms with E-state index in [9.17, 15) is 9.50 Å². The summed E-state index contributed by atoms with van der Waals surface area (Å²) < 4.78 is 34.7. The summed E-state index contributed by atoms with van der Waals surface area (Å²) >= 11 is 1.63. The second kappa shape index (κ2) is 11.3. The molecule has 1 aromatic carbocycles. The molecule has 1 aliphatic rings. The van der Waals surface area contributed by atoms with Crippen LogP contribution in [0.3, 0.4) is 0 Å². The van der Waals surface area contributed by atoms with Crippen LogP contribution in [-0.2, 0) is 6.67 Å². The number of methoxy groups -OCH3 is 1. The molecule has 7 heteroatoms. The highest BCUT2D eigenvalue weighted by Crippen LogP contribution is 2.41. The van der Waals surface area contributed by atoms with E-state index in [0.717, 1.165) is 30.8 Å². The number of halogens is 2. The van der Waals surface area contributed by atoms with Crippen LogP contribution in [0.2, 0.25) is 0 Å². The van der Waals surface area contributed by atoms with Crippen molar-refractivity contribution in [2.24, 2.45) is 5.41 Å². The van der Waals surface area contributed by atoms with Crippen LogP contribution in [0.25, 0.3) is 10.9 Å². The van der Waals surface area contributed by atoms with E-state index in [0.29, 0.717) is 35.2 Å². The van der Waals surface area contributed by atoms with E-state index in [1.54, 1.807) is 36.6 Å². The van der Waals surface area contributed by atoms with Crippen molar-refractivity contribution < 1.29 is 18.6 Å². The van der Waals surface area contributed by atoms with Gasteiger partial charge in [0, 0.05) is 29.3 Å². The molecule has 0 spiro atoms. The molecule has 2 aromatic heterocycles. The van der Waals surface area contributed by atoms with Crippen LogP contribution in [-0.4, -0.2) is 48.3 Å². The summed E-state index contributed by atoms with van der Waals surface area (Å²) in [7, 11) is 1.55. The number of benzene rings is 1. The van der Waals surface area contributed by atoms with Crippen molar-refractivity contribution in [2.75, 3.05) is 33.4 Å². The Bertz CT molecular complexity index is 1140. The van der Waals surface area contributed by atoms with Gasteiger partial charge in [0.2, 0.25) is 0 Å². The molecule has 34 heavy (non-hydrogen) atoms. The largest absolute Gasteiger partial charge is 0.497 e. The van der Waals surface area contributed by atoms with Crippen LogP contribution >= 0.6 is 11.3 Å². The molecular formula is C27H30F2N2O2S. The first-order valence-electron chi connectivity index (χ1n) is 11.6. The highest BCUT2D eigenvalue weighted by Gasteiger charge is 2.35. The number of alkyl halides is 2. The number of aliphatic hydroxyl groups is 1. The van der Waals surface area contributed by atoms with Crippen LogP contribution in [0, 0.1) is 17.3 Å². The first-order valence-corrected chi connectivity index (χ1v) is 12.5. The fourth-order valence-corrected chi connectivity index (χ4v) is 5.27. The molecule has 3 heterocycles. The van der Waals surface area contributed by atoms with Gasteiger partial charge in [-0.1, -0.05) is 17.9 Å². The number of nitrogens with zero attached hydrogens (tertiary/aromatic N) is 2. The molecular weight excluding hydrogens is 454 g/mol. The van der Waals surface area contributed by atoms with Crippen molar-refractivity contribution in [1.29, 1.82) is 0 Å². The van der Waals surface area contributed by atoms with E-state index in [4.69, 9.17) is 4.74 Å². The van der Waals surface area contributed by atoms with Gasteiger partial charge < -0.3 is 9.84 Å². The van der Waals surface area contributed by atoms with Gasteiger partial charge in [-0.15, -0.1) is 11.3 Å². The van der Waals surface area contributed by atoms with Gasteiger partial charge in [0.1, 0.15) is 18.6 Å². The number of aromatic nitrogens is 1. The minimum Gasteiger partial charge on any atom is -0.497 e. The van der Waals surface area contributed by atoms with Gasteiger partial charge in [-0.2, -0.15) is 0 Å². The maximum atomic E-state index is 15.6. The fourth-order valence-electron chi connectivity index (χ4n) is 4.67. The highest BCUT2D eigenvalue weighted by atomic mass is 32.1. The molecule has 180 valence electrons. The molecule has 1 aliphatic heterocycles. The number of fused-ring (bicyclic) bond motifs is 1. The number of pyridine rings is 1. The predicted molar refractivity (Wildman–Crippen MR) is 133 cm³/mol. The molecule has 4 nitrogen and oxygen atoms in total. The van der Waals surface area contributed by atoms with Crippen LogP contribution in [0.1, 0.15) is 47.9 Å². The summed E-state index contributed by atoms with van der Waals surface area (Å²) in [5.74, 6) is 6.99. The Labute approximate surface area is 203 Å². The number of rotatable bonds is 8. The number of hydrogen-bond donors (Lipinski definition) is 1. The van der Waals surface area contributed by atoms with Crippen LogP contribution in [0.5, 0.6) is 5.75 Å². The van der Waals surface area contributed by atoms with Gasteiger partial charge in [-0.3, -0.25) is 9.88 Å². The third-order valence-electron chi connectivity index (χ3n) is 6.87. The third-order valence-corrected chi connectivity index (χ3v) is 7.66. The molecule has 0 saturated carbocycles. The van der Waals surface area contributed by atoms with Gasteiger partial charge in [0.15, 0.2) is 0 Å². The molecule has 0 bridgehead atoms. The second-order valence-electron chi connectivity index (χ2n) is 8.93. The summed E-state index contributed by atoms with van der Waals surface area (Å²) in [6.45, 7) is 1.58. The van der Waals surface area contributed by atoms with Crippen LogP contribution < -0.4 is 4.74 Å². The van der Waals surface area contributed by atoms with E-state index in [-0.39, 0.29) is 24.0 Å². The Kier molecular flexibility index (Phi) is 8.15. The number of ether oxygens (including phenoxy) is 1. The normalized spacial score (nSPS) is 16.7. The zero-order valence-electron chi connectivity index (χ0n) is 19.4. The summed E-state index contributed by atoms with van der Waals surface area (Å²) in [5, 5.41) is 12.8. The Morgan fingerprint density at radius 3 is 2.79 bits per heavy atom. The molecule has 0 amide bonds. The summed E-state index contributed by atoms with van der Waals surface area (Å²) in [6.07, 6.45) is 2.42. The van der Waals surface area contributed by atoms with Crippen molar-refractivity contribution >= 4 is 22.2 Å². The number of thiophene rings is 1. The summed E-state index contributed by atoms with van der Waals surface area (Å²) in [6, 6.07) is 9.25. The Balaban J connectivity index is 1.42. The standard InChI is InChI=1S/C27H30F2N2O2S/c1-33-21-6-7-25-23(16-21)26(20(17-28)18-30-25)24(29)8-9-27(19-32)10-13-31(14-11-27)12-2-4-22-5-3-15-34-22/h3,5-7,15-16,18,24,32H,8-14,17,19H2,1H3. The zero-order valence-corrected chi connectivity index (χ0v) is 20.2. The van der Waals surface area contributed by atoms with E-state index >= 15 is 4.39 Å². The lowest BCUT2D eigenvalue weighted by atomic mass is 9.74. The third kappa shape index (κ3) is 5.57. The molecule has 1 saturated heterocycles. The average Bonchev–Trinajstić information content (AvgIpc) is 3.40. The lowest BCUT2D eigenvalue weighted by molar-refractivity contribution is 0.0344. The first kappa shape index (κ1) is 24.6. The van der Waals surface area contributed by atoms with Crippen molar-refractivity contribution in [2.45, 2.75) is 38.5 Å². The molecule has 0 aliphatic carbocycles. The van der Waals surface area contributed by atoms with Crippen molar-refractivity contribution in [3.05, 3.63) is 57.9 Å². The predicted octanol–water partition coefficient (Wildman–Crippen LogP) is 5.69. The summed E-state index contributed by atoms with van der Waals surface area (Å²) in [5.41, 5.74) is 0.911. The lowest BCUT2D eigenvalue weighted by Crippen LogP contribution is -2.42. The maximum Gasteiger partial charge on any atom is 0.126 e.